The van der Waals surface area contributed by atoms with Crippen molar-refractivity contribution in [3.63, 3.8) is 0 Å². The molecule has 0 radical (unpaired) electrons. The Morgan fingerprint density at radius 1 is 1.00 bits per heavy atom. The molecule has 1 saturated heterocycles. The van der Waals surface area contributed by atoms with Crippen molar-refractivity contribution in [2.24, 2.45) is 0 Å². The van der Waals surface area contributed by atoms with Crippen LogP contribution in [0, 0.1) is 0 Å². The zero-order chi connectivity index (χ0) is 23.3. The van der Waals surface area contributed by atoms with Crippen molar-refractivity contribution in [2.75, 3.05) is 25.3 Å². The summed E-state index contributed by atoms with van der Waals surface area (Å²) in [6.07, 6.45) is 1.94. The van der Waals surface area contributed by atoms with Gasteiger partial charge in [0.05, 0.1) is 23.1 Å². The lowest BCUT2D eigenvalue weighted by Crippen LogP contribution is -2.59. The second kappa shape index (κ2) is 10.1. The van der Waals surface area contributed by atoms with Gasteiger partial charge in [0.2, 0.25) is 10.0 Å². The van der Waals surface area contributed by atoms with Gasteiger partial charge in [0, 0.05) is 11.3 Å². The van der Waals surface area contributed by atoms with Crippen molar-refractivity contribution in [1.82, 2.24) is 9.62 Å². The lowest BCUT2D eigenvalue weighted by atomic mass is 9.86. The smallest absolute Gasteiger partial charge is 0.256 e. The van der Waals surface area contributed by atoms with Gasteiger partial charge in [-0.2, -0.15) is 11.8 Å². The molecule has 4 rings (SSSR count). The molecule has 1 aliphatic rings. The predicted molar refractivity (Wildman–Crippen MR) is 130 cm³/mol. The maximum absolute atomic E-state index is 13.6. The lowest BCUT2D eigenvalue weighted by molar-refractivity contribution is 0.0550. The van der Waals surface area contributed by atoms with Crippen LogP contribution in [0.4, 0.5) is 0 Å². The number of rotatable bonds is 8. The first kappa shape index (κ1) is 23.5. The summed E-state index contributed by atoms with van der Waals surface area (Å²) >= 11 is 1.55. The molecule has 0 saturated carbocycles. The van der Waals surface area contributed by atoms with E-state index in [2.05, 4.69) is 4.72 Å². The molecule has 8 heteroatoms. The summed E-state index contributed by atoms with van der Waals surface area (Å²) in [5, 5.41) is 0. The highest BCUT2D eigenvalue weighted by atomic mass is 32.2. The van der Waals surface area contributed by atoms with Crippen LogP contribution in [0.5, 0.6) is 0 Å². The third-order valence-electron chi connectivity index (χ3n) is 5.77. The van der Waals surface area contributed by atoms with Crippen LogP contribution in [0.25, 0.3) is 0 Å². The van der Waals surface area contributed by atoms with Crippen molar-refractivity contribution in [3.05, 3.63) is 102 Å². The van der Waals surface area contributed by atoms with E-state index in [0.717, 1.165) is 5.56 Å². The Kier molecular flexibility index (Phi) is 7.19. The van der Waals surface area contributed by atoms with Gasteiger partial charge >= 0.3 is 0 Å². The number of ether oxygens (including phenoxy) is 1. The summed E-state index contributed by atoms with van der Waals surface area (Å²) in [7, 11) is -3.87. The van der Waals surface area contributed by atoms with Crippen molar-refractivity contribution in [2.45, 2.75) is 16.5 Å². The minimum absolute atomic E-state index is 0.0880. The Morgan fingerprint density at radius 3 is 2.18 bits per heavy atom. The molecule has 2 unspecified atom stereocenters. The molecule has 172 valence electrons. The van der Waals surface area contributed by atoms with E-state index < -0.39 is 21.6 Å². The molecule has 0 aromatic heterocycles. The lowest BCUT2D eigenvalue weighted by Gasteiger charge is -2.43. The van der Waals surface area contributed by atoms with Gasteiger partial charge in [-0.25, -0.2) is 13.1 Å². The van der Waals surface area contributed by atoms with E-state index in [4.69, 9.17) is 4.74 Å². The maximum atomic E-state index is 13.6. The number of hydrogen-bond acceptors (Lipinski definition) is 5. The second-order valence-corrected chi connectivity index (χ2v) is 10.5. The highest BCUT2D eigenvalue weighted by Gasteiger charge is 2.52. The largest absolute Gasteiger partial charge is 0.358 e. The van der Waals surface area contributed by atoms with Gasteiger partial charge < -0.3 is 9.64 Å². The van der Waals surface area contributed by atoms with Crippen molar-refractivity contribution in [3.8, 4) is 0 Å². The van der Waals surface area contributed by atoms with Gasteiger partial charge in [-0.1, -0.05) is 66.7 Å². The second-order valence-electron chi connectivity index (χ2n) is 7.89. The van der Waals surface area contributed by atoms with Gasteiger partial charge in [-0.15, -0.1) is 0 Å². The van der Waals surface area contributed by atoms with Gasteiger partial charge in [0.15, 0.2) is 0 Å². The Balaban J connectivity index is 1.81. The first-order valence-corrected chi connectivity index (χ1v) is 13.4. The fraction of sp³-hybridized carbons (Fsp3) is 0.240. The number of carbonyl (C=O) groups is 1. The molecule has 0 spiro atoms. The third-order valence-corrected chi connectivity index (χ3v) is 7.99. The number of sulfonamides is 1. The number of thioether (sulfide) groups is 1. The fourth-order valence-corrected chi connectivity index (χ4v) is 6.39. The zero-order valence-corrected chi connectivity index (χ0v) is 19.9. The van der Waals surface area contributed by atoms with Crippen molar-refractivity contribution < 1.29 is 17.9 Å². The van der Waals surface area contributed by atoms with E-state index in [-0.39, 0.29) is 24.1 Å². The highest BCUT2D eigenvalue weighted by molar-refractivity contribution is 7.98. The van der Waals surface area contributed by atoms with E-state index in [1.54, 1.807) is 59.1 Å². The summed E-state index contributed by atoms with van der Waals surface area (Å²) in [5.74, 6) is 0.296. The molecule has 3 aromatic carbocycles. The van der Waals surface area contributed by atoms with E-state index in [9.17, 15) is 13.2 Å². The van der Waals surface area contributed by atoms with Gasteiger partial charge in [0.1, 0.15) is 6.73 Å². The first-order valence-electron chi connectivity index (χ1n) is 10.5. The summed E-state index contributed by atoms with van der Waals surface area (Å²) in [5.41, 5.74) is 0.379. The number of nitrogens with one attached hydrogen (secondary N) is 1. The number of nitrogens with zero attached hydrogens (tertiary/aromatic N) is 1. The Morgan fingerprint density at radius 2 is 1.58 bits per heavy atom. The minimum Gasteiger partial charge on any atom is -0.358 e. The SMILES string of the molecule is CSCC1(C(NS(=O)(=O)c2ccccc2)c2ccccc2)COCN1C(=O)c1ccccc1. The molecule has 2 atom stereocenters. The van der Waals surface area contributed by atoms with Crippen LogP contribution in [-0.2, 0) is 14.8 Å². The van der Waals surface area contributed by atoms with E-state index >= 15 is 0 Å². The monoisotopic (exact) mass is 482 g/mol. The quantitative estimate of drug-likeness (QED) is 0.526. The summed E-state index contributed by atoms with van der Waals surface area (Å²) < 4.78 is 35.6. The van der Waals surface area contributed by atoms with Crippen LogP contribution in [0.1, 0.15) is 22.0 Å². The molecule has 3 aromatic rings. The van der Waals surface area contributed by atoms with Gasteiger partial charge in [-0.3, -0.25) is 4.79 Å². The van der Waals surface area contributed by atoms with Crippen LogP contribution in [0.2, 0.25) is 0 Å². The van der Waals surface area contributed by atoms with E-state index in [1.165, 1.54) is 0 Å². The average Bonchev–Trinajstić information content (AvgIpc) is 3.28. The van der Waals surface area contributed by atoms with Gasteiger partial charge in [-0.05, 0) is 36.1 Å². The van der Waals surface area contributed by atoms with Crippen LogP contribution in [0.3, 0.4) is 0 Å². The maximum Gasteiger partial charge on any atom is 0.256 e. The molecule has 1 fully saturated rings. The molecule has 1 amide bonds. The molecule has 0 bridgehead atoms. The van der Waals surface area contributed by atoms with Gasteiger partial charge in [0.25, 0.3) is 5.91 Å². The molecule has 1 aliphatic heterocycles. The number of amides is 1. The zero-order valence-electron chi connectivity index (χ0n) is 18.3. The molecular formula is C25H26N2O4S2. The summed E-state index contributed by atoms with van der Waals surface area (Å²) in [4.78, 5) is 15.4. The van der Waals surface area contributed by atoms with E-state index in [0.29, 0.717) is 11.3 Å². The minimum atomic E-state index is -3.87. The average molecular weight is 483 g/mol. The third kappa shape index (κ3) is 4.84. The molecule has 1 N–H and O–H groups in total. The fourth-order valence-electron chi connectivity index (χ4n) is 4.17. The molecule has 6 nitrogen and oxygen atoms in total. The first-order chi connectivity index (χ1) is 16.0. The Hall–Kier alpha value is -2.65. The highest BCUT2D eigenvalue weighted by Crippen LogP contribution is 2.40. The molecule has 1 heterocycles. The normalized spacial score (nSPS) is 19.4. The predicted octanol–water partition coefficient (Wildman–Crippen LogP) is 3.94. The Bertz CT molecular complexity index is 1170. The topological polar surface area (TPSA) is 75.7 Å². The van der Waals surface area contributed by atoms with Crippen LogP contribution in [-0.4, -0.2) is 50.1 Å². The van der Waals surface area contributed by atoms with Crippen LogP contribution >= 0.6 is 11.8 Å². The number of benzene rings is 3. The molecular weight excluding hydrogens is 456 g/mol. The number of carbonyl (C=O) groups excluding carboxylic acids is 1. The number of hydrogen-bond donors (Lipinski definition) is 1. The van der Waals surface area contributed by atoms with Crippen molar-refractivity contribution in [1.29, 1.82) is 0 Å². The molecule has 33 heavy (non-hydrogen) atoms. The summed E-state index contributed by atoms with van der Waals surface area (Å²) in [6.45, 7) is 0.300. The van der Waals surface area contributed by atoms with E-state index in [1.807, 2.05) is 54.8 Å². The standard InChI is InChI=1S/C25H26N2O4S2/c1-32-18-25(17-31-19-27(25)24(28)21-13-7-3-8-14-21)23(20-11-5-2-6-12-20)26-33(29,30)22-15-9-4-10-16-22/h2-16,23,26H,17-19H2,1H3. The van der Waals surface area contributed by atoms with Crippen LogP contribution in [0.15, 0.2) is 95.9 Å². The van der Waals surface area contributed by atoms with Crippen molar-refractivity contribution >= 4 is 27.7 Å². The Labute approximate surface area is 199 Å². The van der Waals surface area contributed by atoms with Crippen LogP contribution < -0.4 is 4.72 Å². The molecule has 0 aliphatic carbocycles. The summed E-state index contributed by atoms with van der Waals surface area (Å²) in [6, 6.07) is 25.9.